The number of aromatic hydroxyl groups is 1. The number of benzene rings is 1. The number of carbonyl (C=O) groups is 4. The number of rotatable bonds is 1. The predicted molar refractivity (Wildman–Crippen MR) is 97.6 cm³/mol. The first-order valence-corrected chi connectivity index (χ1v) is 9.85. The van der Waals surface area contributed by atoms with Crippen LogP contribution in [0, 0.1) is 36.5 Å². The second-order valence-electron chi connectivity index (χ2n) is 8.51. The Kier molecular flexibility index (Phi) is 3.93. The number of amides is 4. The molecule has 6 atom stereocenters. The Labute approximate surface area is 171 Å². The van der Waals surface area contributed by atoms with Crippen molar-refractivity contribution in [2.45, 2.75) is 25.7 Å². The number of imide groups is 2. The van der Waals surface area contributed by atoms with Crippen molar-refractivity contribution in [3.05, 3.63) is 41.0 Å². The lowest BCUT2D eigenvalue weighted by Gasteiger charge is -2.43. The second kappa shape index (κ2) is 6.23. The lowest BCUT2D eigenvalue weighted by atomic mass is 9.57. The van der Waals surface area contributed by atoms with Gasteiger partial charge in [-0.3, -0.25) is 29.6 Å². The fraction of sp³-hybridized carbons (Fsp3) is 0.429. The Hall–Kier alpha value is -3.04. The fourth-order valence-corrected chi connectivity index (χ4v) is 5.84. The monoisotopic (exact) mass is 412 g/mol. The number of hydrogen-bond donors (Lipinski definition) is 3. The van der Waals surface area contributed by atoms with Gasteiger partial charge >= 0.3 is 0 Å². The van der Waals surface area contributed by atoms with Gasteiger partial charge in [0.2, 0.25) is 0 Å². The van der Waals surface area contributed by atoms with E-state index in [-0.39, 0.29) is 28.7 Å². The molecule has 9 nitrogen and oxygen atoms in total. The van der Waals surface area contributed by atoms with E-state index in [2.05, 4.69) is 0 Å². The van der Waals surface area contributed by atoms with Crippen LogP contribution in [0.1, 0.15) is 29.9 Å². The third kappa shape index (κ3) is 2.24. The molecular formula is C21H20N2O7. The van der Waals surface area contributed by atoms with Gasteiger partial charge in [0.05, 0.1) is 23.7 Å². The first-order chi connectivity index (χ1) is 14.2. The molecule has 2 aliphatic heterocycles. The molecule has 2 saturated heterocycles. The molecule has 3 N–H and O–H groups in total. The second-order valence-corrected chi connectivity index (χ2v) is 8.51. The molecule has 0 unspecified atom stereocenters. The Morgan fingerprint density at radius 2 is 1.50 bits per heavy atom. The highest BCUT2D eigenvalue weighted by Crippen LogP contribution is 2.58. The number of allylic oxidation sites excluding steroid dienone is 2. The highest BCUT2D eigenvalue weighted by molar-refractivity contribution is 6.06. The number of phenols is 1. The summed E-state index contributed by atoms with van der Waals surface area (Å²) in [6.07, 6.45) is 2.11. The molecule has 1 aromatic rings. The van der Waals surface area contributed by atoms with Crippen LogP contribution < -0.4 is 0 Å². The summed E-state index contributed by atoms with van der Waals surface area (Å²) in [7, 11) is 0. The molecule has 4 amide bonds. The number of hydroxylamine groups is 4. The molecule has 3 fully saturated rings. The third-order valence-corrected chi connectivity index (χ3v) is 7.21. The van der Waals surface area contributed by atoms with Gasteiger partial charge in [-0.1, -0.05) is 29.8 Å². The molecule has 1 aromatic carbocycles. The average molecular weight is 412 g/mol. The number of fused-ring (bicyclic) bond motifs is 4. The molecule has 9 heteroatoms. The van der Waals surface area contributed by atoms with Crippen LogP contribution in [-0.2, 0) is 19.2 Å². The zero-order chi connectivity index (χ0) is 21.5. The van der Waals surface area contributed by atoms with Crippen LogP contribution in [0.25, 0.3) is 0 Å². The molecule has 0 bridgehead atoms. The number of aryl methyl sites for hydroxylation is 1. The van der Waals surface area contributed by atoms with Crippen LogP contribution >= 0.6 is 0 Å². The van der Waals surface area contributed by atoms with Crippen molar-refractivity contribution in [2.75, 3.05) is 0 Å². The van der Waals surface area contributed by atoms with Crippen LogP contribution in [0.15, 0.2) is 29.8 Å². The van der Waals surface area contributed by atoms with E-state index in [9.17, 15) is 34.7 Å². The van der Waals surface area contributed by atoms with Gasteiger partial charge in [0.1, 0.15) is 5.75 Å². The summed E-state index contributed by atoms with van der Waals surface area (Å²) in [5, 5.41) is 30.9. The Balaban J connectivity index is 1.69. The molecule has 2 heterocycles. The molecule has 0 radical (unpaired) electrons. The number of phenolic OH excluding ortho intramolecular Hbond substituents is 1. The van der Waals surface area contributed by atoms with Crippen molar-refractivity contribution in [3.8, 4) is 5.75 Å². The molecule has 2 aliphatic carbocycles. The van der Waals surface area contributed by atoms with E-state index in [1.165, 1.54) is 0 Å². The Morgan fingerprint density at radius 1 is 0.867 bits per heavy atom. The van der Waals surface area contributed by atoms with Crippen LogP contribution in [0.3, 0.4) is 0 Å². The van der Waals surface area contributed by atoms with E-state index in [0.717, 1.165) is 0 Å². The summed E-state index contributed by atoms with van der Waals surface area (Å²) in [5.41, 5.74) is 1.71. The molecule has 156 valence electrons. The Bertz CT molecular complexity index is 1050. The number of carbonyl (C=O) groups excluding carboxylic acids is 4. The van der Waals surface area contributed by atoms with E-state index < -0.39 is 59.1 Å². The maximum absolute atomic E-state index is 12.8. The van der Waals surface area contributed by atoms with E-state index >= 15 is 0 Å². The van der Waals surface area contributed by atoms with Gasteiger partial charge in [0.25, 0.3) is 23.6 Å². The number of nitrogens with zero attached hydrogens (tertiary/aromatic N) is 2. The van der Waals surface area contributed by atoms with Crippen molar-refractivity contribution >= 4 is 23.6 Å². The largest absolute Gasteiger partial charge is 0.507 e. The van der Waals surface area contributed by atoms with E-state index in [1.54, 1.807) is 31.2 Å². The minimum absolute atomic E-state index is 0.0147. The summed E-state index contributed by atoms with van der Waals surface area (Å²) in [4.78, 5) is 50.3. The number of hydrogen-bond acceptors (Lipinski definition) is 7. The van der Waals surface area contributed by atoms with Gasteiger partial charge in [0.15, 0.2) is 0 Å². The first kappa shape index (κ1) is 19.0. The van der Waals surface area contributed by atoms with E-state index in [1.807, 2.05) is 0 Å². The summed E-state index contributed by atoms with van der Waals surface area (Å²) in [6.45, 7) is 1.71. The zero-order valence-electron chi connectivity index (χ0n) is 16.1. The third-order valence-electron chi connectivity index (χ3n) is 7.21. The SMILES string of the molecule is Cc1cccc([C@H]2C3=CC[C@@H]4C(=O)N(O)C(=O)[C@@H]4[C@@H]3C[C@H]3C(=O)N(O)C(=O)[C@@H]23)c1O. The molecular weight excluding hydrogens is 392 g/mol. The van der Waals surface area contributed by atoms with Crippen molar-refractivity contribution < 1.29 is 34.7 Å². The van der Waals surface area contributed by atoms with Gasteiger partial charge in [-0.2, -0.15) is 10.1 Å². The van der Waals surface area contributed by atoms with Crippen LogP contribution in [0.5, 0.6) is 5.75 Å². The molecule has 0 spiro atoms. The standard InChI is InChI=1S/C21H20N2O7/c1-8-3-2-4-10(17(8)24)14-9-5-6-11-15(20(27)22(29)18(11)25)12(9)7-13-16(14)21(28)23(30)19(13)26/h2-5,11-16,24,29-30H,6-7H2,1H3/t11-,12+,13+,14+,15-,16+/m0/s1. The van der Waals surface area contributed by atoms with E-state index in [4.69, 9.17) is 0 Å². The van der Waals surface area contributed by atoms with Gasteiger partial charge in [0, 0.05) is 11.5 Å². The molecule has 0 aromatic heterocycles. The zero-order valence-corrected chi connectivity index (χ0v) is 16.1. The van der Waals surface area contributed by atoms with Gasteiger partial charge in [-0.15, -0.1) is 0 Å². The van der Waals surface area contributed by atoms with Crippen molar-refractivity contribution in [3.63, 3.8) is 0 Å². The summed E-state index contributed by atoms with van der Waals surface area (Å²) in [6, 6.07) is 5.11. The van der Waals surface area contributed by atoms with Crippen LogP contribution in [-0.4, -0.2) is 49.3 Å². The van der Waals surface area contributed by atoms with Crippen LogP contribution in [0.2, 0.25) is 0 Å². The van der Waals surface area contributed by atoms with Gasteiger partial charge < -0.3 is 5.11 Å². The fourth-order valence-electron chi connectivity index (χ4n) is 5.84. The maximum atomic E-state index is 12.8. The smallest absolute Gasteiger partial charge is 0.258 e. The number of para-hydroxylation sites is 1. The Morgan fingerprint density at radius 3 is 2.20 bits per heavy atom. The predicted octanol–water partition coefficient (Wildman–Crippen LogP) is 1.12. The van der Waals surface area contributed by atoms with Crippen molar-refractivity contribution in [2.24, 2.45) is 29.6 Å². The highest BCUT2D eigenvalue weighted by atomic mass is 16.5. The van der Waals surface area contributed by atoms with Crippen LogP contribution in [0.4, 0.5) is 0 Å². The molecule has 5 rings (SSSR count). The normalized spacial score (nSPS) is 35.4. The minimum atomic E-state index is -0.910. The summed E-state index contributed by atoms with van der Waals surface area (Å²) in [5.74, 6) is -7.54. The minimum Gasteiger partial charge on any atom is -0.507 e. The van der Waals surface area contributed by atoms with Gasteiger partial charge in [-0.25, -0.2) is 0 Å². The summed E-state index contributed by atoms with van der Waals surface area (Å²) >= 11 is 0. The van der Waals surface area contributed by atoms with E-state index in [0.29, 0.717) is 16.7 Å². The molecule has 30 heavy (non-hydrogen) atoms. The molecule has 1 saturated carbocycles. The topological polar surface area (TPSA) is 135 Å². The lowest BCUT2D eigenvalue weighted by molar-refractivity contribution is -0.174. The molecule has 4 aliphatic rings. The average Bonchev–Trinajstić information content (AvgIpc) is 3.09. The maximum Gasteiger partial charge on any atom is 0.258 e. The highest BCUT2D eigenvalue weighted by Gasteiger charge is 2.62. The summed E-state index contributed by atoms with van der Waals surface area (Å²) < 4.78 is 0. The quantitative estimate of drug-likeness (QED) is 0.357. The van der Waals surface area contributed by atoms with Crippen molar-refractivity contribution in [1.29, 1.82) is 0 Å². The first-order valence-electron chi connectivity index (χ1n) is 9.85. The lowest BCUT2D eigenvalue weighted by Crippen LogP contribution is -2.43. The van der Waals surface area contributed by atoms with Crippen molar-refractivity contribution in [1.82, 2.24) is 10.1 Å². The van der Waals surface area contributed by atoms with Gasteiger partial charge in [-0.05, 0) is 31.2 Å².